The maximum Gasteiger partial charge on any atom is 0.332 e. The Morgan fingerprint density at radius 1 is 1.04 bits per heavy atom. The van der Waals surface area contributed by atoms with E-state index in [1.165, 1.54) is 0 Å². The van der Waals surface area contributed by atoms with Gasteiger partial charge in [-0.2, -0.15) is 0 Å². The molecule has 0 fully saturated rings. The fraction of sp³-hybridized carbons (Fsp3) is 0.100. The van der Waals surface area contributed by atoms with Crippen LogP contribution in [0.4, 0.5) is 0 Å². The predicted molar refractivity (Wildman–Crippen MR) is 103 cm³/mol. The summed E-state index contributed by atoms with van der Waals surface area (Å²) in [6.45, 7) is 2.07. The molecule has 0 atom stereocenters. The summed E-state index contributed by atoms with van der Waals surface area (Å²) in [5.41, 5.74) is 4.43. The molecule has 4 aromatic heterocycles. The zero-order valence-corrected chi connectivity index (χ0v) is 14.6. The van der Waals surface area contributed by atoms with Crippen LogP contribution in [-0.2, 0) is 6.42 Å². The van der Waals surface area contributed by atoms with Crippen molar-refractivity contribution in [3.63, 3.8) is 0 Å². The first-order valence-corrected chi connectivity index (χ1v) is 8.75. The number of para-hydroxylation sites is 1. The molecule has 0 aliphatic rings. The average molecular weight is 356 g/mol. The minimum Gasteiger partial charge on any atom is -0.303 e. The molecule has 0 bridgehead atoms. The van der Waals surface area contributed by atoms with Gasteiger partial charge in [0.1, 0.15) is 16.9 Å². The fourth-order valence-electron chi connectivity index (χ4n) is 3.37. The number of H-pyrrole nitrogens is 1. The third-order valence-corrected chi connectivity index (χ3v) is 4.68. The van der Waals surface area contributed by atoms with Gasteiger partial charge in [0.15, 0.2) is 11.5 Å². The van der Waals surface area contributed by atoms with E-state index in [4.69, 9.17) is 4.98 Å². The molecule has 132 valence electrons. The van der Waals surface area contributed by atoms with Gasteiger partial charge in [-0.25, -0.2) is 24.3 Å². The highest BCUT2D eigenvalue weighted by molar-refractivity contribution is 5.75. The van der Waals surface area contributed by atoms with Crippen LogP contribution in [0, 0.1) is 0 Å². The summed E-state index contributed by atoms with van der Waals surface area (Å²) in [5, 5.41) is 0. The van der Waals surface area contributed by atoms with Crippen LogP contribution < -0.4 is 5.69 Å². The van der Waals surface area contributed by atoms with Gasteiger partial charge >= 0.3 is 5.69 Å². The number of pyridine rings is 1. The van der Waals surface area contributed by atoms with Gasteiger partial charge < -0.3 is 4.98 Å². The summed E-state index contributed by atoms with van der Waals surface area (Å²) in [4.78, 5) is 29.0. The number of aromatic nitrogens is 6. The van der Waals surface area contributed by atoms with Crippen LogP contribution in [0.25, 0.3) is 34.0 Å². The summed E-state index contributed by atoms with van der Waals surface area (Å²) in [7, 11) is 0. The zero-order valence-electron chi connectivity index (χ0n) is 14.6. The lowest BCUT2D eigenvalue weighted by Gasteiger charge is -2.08. The molecule has 0 saturated heterocycles. The predicted octanol–water partition coefficient (Wildman–Crippen LogP) is 2.99. The second-order valence-electron chi connectivity index (χ2n) is 6.25. The molecule has 0 aliphatic heterocycles. The Hall–Kier alpha value is -3.74. The summed E-state index contributed by atoms with van der Waals surface area (Å²) >= 11 is 0. The van der Waals surface area contributed by atoms with E-state index in [9.17, 15) is 4.79 Å². The van der Waals surface area contributed by atoms with Gasteiger partial charge in [0.2, 0.25) is 0 Å². The molecular weight excluding hydrogens is 340 g/mol. The number of nitrogens with one attached hydrogen (secondary N) is 1. The van der Waals surface area contributed by atoms with E-state index in [-0.39, 0.29) is 5.69 Å². The van der Waals surface area contributed by atoms with E-state index < -0.39 is 0 Å². The van der Waals surface area contributed by atoms with Crippen molar-refractivity contribution in [2.24, 2.45) is 0 Å². The summed E-state index contributed by atoms with van der Waals surface area (Å²) in [5.74, 6) is 0.517. The van der Waals surface area contributed by atoms with Gasteiger partial charge in [-0.3, -0.25) is 4.40 Å². The Morgan fingerprint density at radius 2 is 1.89 bits per heavy atom. The highest BCUT2D eigenvalue weighted by Crippen LogP contribution is 2.21. The standard InChI is InChI=1S/C20H16N6O/c1-2-13-7-3-4-8-15(13)26-19-14(23-20(26)27)11-22-18(24-19)16-12-21-17-9-5-6-10-25(16)17/h3-12H,2H2,1H3,(H,23,27). The molecule has 7 heteroatoms. The molecule has 5 rings (SSSR count). The average Bonchev–Trinajstić information content (AvgIpc) is 3.27. The van der Waals surface area contributed by atoms with E-state index in [1.54, 1.807) is 17.0 Å². The van der Waals surface area contributed by atoms with Crippen molar-refractivity contribution >= 4 is 16.8 Å². The van der Waals surface area contributed by atoms with Crippen molar-refractivity contribution in [1.29, 1.82) is 0 Å². The van der Waals surface area contributed by atoms with Crippen molar-refractivity contribution in [1.82, 2.24) is 28.9 Å². The highest BCUT2D eigenvalue weighted by Gasteiger charge is 2.16. The second-order valence-corrected chi connectivity index (χ2v) is 6.25. The van der Waals surface area contributed by atoms with Crippen LogP contribution in [0.5, 0.6) is 0 Å². The lowest BCUT2D eigenvalue weighted by molar-refractivity contribution is 0.964. The first-order valence-electron chi connectivity index (χ1n) is 8.75. The molecule has 4 heterocycles. The monoisotopic (exact) mass is 356 g/mol. The minimum absolute atomic E-state index is 0.226. The van der Waals surface area contributed by atoms with Gasteiger partial charge in [0.25, 0.3) is 0 Å². The molecule has 0 spiro atoms. The van der Waals surface area contributed by atoms with Gasteiger partial charge in [-0.1, -0.05) is 31.2 Å². The fourth-order valence-corrected chi connectivity index (χ4v) is 3.37. The SMILES string of the molecule is CCc1ccccc1-n1c(=O)[nH]c2cnc(-c3cnc4ccccn34)nc21. The Labute approximate surface area is 154 Å². The molecule has 0 saturated carbocycles. The van der Waals surface area contributed by atoms with Crippen molar-refractivity contribution in [3.8, 4) is 17.2 Å². The summed E-state index contributed by atoms with van der Waals surface area (Å²) in [6.07, 6.45) is 6.13. The second kappa shape index (κ2) is 5.91. The van der Waals surface area contributed by atoms with Gasteiger partial charge in [-0.15, -0.1) is 0 Å². The van der Waals surface area contributed by atoms with Gasteiger partial charge in [0, 0.05) is 6.20 Å². The Kier molecular flexibility index (Phi) is 3.39. The maximum atomic E-state index is 12.6. The van der Waals surface area contributed by atoms with Gasteiger partial charge in [-0.05, 0) is 30.2 Å². The molecule has 1 N–H and O–H groups in total. The number of fused-ring (bicyclic) bond motifs is 2. The normalized spacial score (nSPS) is 11.4. The number of imidazole rings is 2. The third kappa shape index (κ3) is 2.36. The molecule has 27 heavy (non-hydrogen) atoms. The molecular formula is C20H16N6O. The van der Waals surface area contributed by atoms with Crippen LogP contribution in [-0.4, -0.2) is 28.9 Å². The van der Waals surface area contributed by atoms with Crippen LogP contribution in [0.1, 0.15) is 12.5 Å². The van der Waals surface area contributed by atoms with E-state index in [1.807, 2.05) is 53.1 Å². The number of aromatic amines is 1. The number of benzene rings is 1. The number of hydrogen-bond donors (Lipinski definition) is 1. The Bertz CT molecular complexity index is 1340. The lowest BCUT2D eigenvalue weighted by Crippen LogP contribution is -2.16. The van der Waals surface area contributed by atoms with Crippen molar-refractivity contribution < 1.29 is 0 Å². The lowest BCUT2D eigenvalue weighted by atomic mass is 10.1. The van der Waals surface area contributed by atoms with Crippen molar-refractivity contribution in [2.45, 2.75) is 13.3 Å². The molecule has 0 radical (unpaired) electrons. The molecule has 0 aliphatic carbocycles. The van der Waals surface area contributed by atoms with Crippen LogP contribution in [0.3, 0.4) is 0 Å². The van der Waals surface area contributed by atoms with E-state index >= 15 is 0 Å². The number of rotatable bonds is 3. The first-order chi connectivity index (χ1) is 13.3. The molecule has 0 unspecified atom stereocenters. The number of nitrogens with zero attached hydrogens (tertiary/aromatic N) is 5. The maximum absolute atomic E-state index is 12.6. The number of hydrogen-bond acceptors (Lipinski definition) is 4. The van der Waals surface area contributed by atoms with E-state index in [2.05, 4.69) is 21.9 Å². The number of aryl methyl sites for hydroxylation is 1. The van der Waals surface area contributed by atoms with Gasteiger partial charge in [0.05, 0.1) is 18.1 Å². The smallest absolute Gasteiger partial charge is 0.303 e. The first kappa shape index (κ1) is 15.5. The van der Waals surface area contributed by atoms with E-state index in [0.717, 1.165) is 29.0 Å². The zero-order chi connectivity index (χ0) is 18.4. The van der Waals surface area contributed by atoms with E-state index in [0.29, 0.717) is 17.0 Å². The molecule has 7 nitrogen and oxygen atoms in total. The summed E-state index contributed by atoms with van der Waals surface area (Å²) < 4.78 is 3.54. The Morgan fingerprint density at radius 3 is 2.78 bits per heavy atom. The third-order valence-electron chi connectivity index (χ3n) is 4.68. The topological polar surface area (TPSA) is 80.9 Å². The highest BCUT2D eigenvalue weighted by atomic mass is 16.1. The Balaban J connectivity index is 1.78. The molecule has 5 aromatic rings. The van der Waals surface area contributed by atoms with Crippen LogP contribution in [0.15, 0.2) is 65.8 Å². The van der Waals surface area contributed by atoms with Crippen LogP contribution in [0.2, 0.25) is 0 Å². The van der Waals surface area contributed by atoms with Crippen molar-refractivity contribution in [3.05, 3.63) is 77.1 Å². The largest absolute Gasteiger partial charge is 0.332 e. The quantitative estimate of drug-likeness (QED) is 0.539. The van der Waals surface area contributed by atoms with Crippen molar-refractivity contribution in [2.75, 3.05) is 0 Å². The summed E-state index contributed by atoms with van der Waals surface area (Å²) in [6, 6.07) is 13.6. The molecule has 0 amide bonds. The minimum atomic E-state index is -0.226. The molecule has 1 aromatic carbocycles. The van der Waals surface area contributed by atoms with Crippen LogP contribution >= 0.6 is 0 Å².